The van der Waals surface area contributed by atoms with Crippen LogP contribution in [0.25, 0.3) is 0 Å². The quantitative estimate of drug-likeness (QED) is 0.827. The number of imide groups is 1. The third kappa shape index (κ3) is 2.93. The molecule has 1 fully saturated rings. The molecular formula is C16H21N3O2. The fraction of sp³-hybridized carbons (Fsp3) is 0.500. The van der Waals surface area contributed by atoms with Crippen molar-refractivity contribution in [2.24, 2.45) is 0 Å². The van der Waals surface area contributed by atoms with E-state index in [1.54, 1.807) is 0 Å². The van der Waals surface area contributed by atoms with E-state index in [2.05, 4.69) is 46.8 Å². The Balaban J connectivity index is 1.63. The van der Waals surface area contributed by atoms with Gasteiger partial charge in [-0.15, -0.1) is 0 Å². The first-order valence-electron chi connectivity index (χ1n) is 7.54. The second kappa shape index (κ2) is 5.85. The van der Waals surface area contributed by atoms with E-state index in [0.717, 1.165) is 19.4 Å². The Labute approximate surface area is 124 Å². The number of benzene rings is 1. The van der Waals surface area contributed by atoms with Crippen LogP contribution in [0.5, 0.6) is 0 Å². The molecule has 1 aliphatic carbocycles. The Hall–Kier alpha value is -1.88. The van der Waals surface area contributed by atoms with Crippen LogP contribution in [0.3, 0.4) is 0 Å². The minimum Gasteiger partial charge on any atom is -0.326 e. The molecule has 5 heteroatoms. The number of nitrogens with one attached hydrogen (secondary N) is 2. The summed E-state index contributed by atoms with van der Waals surface area (Å²) in [4.78, 5) is 25.0. The number of urea groups is 1. The van der Waals surface area contributed by atoms with Crippen molar-refractivity contribution in [3.8, 4) is 0 Å². The van der Waals surface area contributed by atoms with Crippen LogP contribution < -0.4 is 10.6 Å². The lowest BCUT2D eigenvalue weighted by Gasteiger charge is -2.33. The zero-order valence-corrected chi connectivity index (χ0v) is 12.3. The van der Waals surface area contributed by atoms with Gasteiger partial charge in [-0.3, -0.25) is 15.0 Å². The maximum atomic E-state index is 11.6. The number of rotatable bonds is 4. The highest BCUT2D eigenvalue weighted by Crippen LogP contribution is 2.33. The zero-order chi connectivity index (χ0) is 14.8. The van der Waals surface area contributed by atoms with Gasteiger partial charge in [0.1, 0.15) is 6.04 Å². The number of carbonyl (C=O) groups excluding carboxylic acids is 2. The predicted octanol–water partition coefficient (Wildman–Crippen LogP) is 1.59. The molecule has 0 bridgehead atoms. The van der Waals surface area contributed by atoms with Crippen LogP contribution in [0.4, 0.5) is 4.79 Å². The smallest absolute Gasteiger partial charge is 0.322 e. The number of amides is 3. The van der Waals surface area contributed by atoms with Gasteiger partial charge in [0.25, 0.3) is 5.91 Å². The third-order valence-corrected chi connectivity index (χ3v) is 4.50. The van der Waals surface area contributed by atoms with Crippen LogP contribution in [0.1, 0.15) is 36.4 Å². The van der Waals surface area contributed by atoms with E-state index < -0.39 is 6.04 Å². The molecule has 2 N–H and O–H groups in total. The van der Waals surface area contributed by atoms with E-state index in [4.69, 9.17) is 0 Å². The van der Waals surface area contributed by atoms with Gasteiger partial charge in [0, 0.05) is 12.6 Å². The lowest BCUT2D eigenvalue weighted by Crippen LogP contribution is -2.35. The molecule has 0 radical (unpaired) electrons. The molecule has 0 aromatic heterocycles. The maximum absolute atomic E-state index is 11.6. The van der Waals surface area contributed by atoms with Crippen molar-refractivity contribution in [2.75, 3.05) is 13.6 Å². The Kier molecular flexibility index (Phi) is 3.92. The molecule has 21 heavy (non-hydrogen) atoms. The first-order valence-corrected chi connectivity index (χ1v) is 7.54. The lowest BCUT2D eigenvalue weighted by molar-refractivity contribution is -0.120. The molecule has 3 rings (SSSR count). The van der Waals surface area contributed by atoms with E-state index in [1.807, 2.05) is 0 Å². The molecule has 112 valence electrons. The molecule has 1 aromatic carbocycles. The summed E-state index contributed by atoms with van der Waals surface area (Å²) in [5.41, 5.74) is 2.85. The topological polar surface area (TPSA) is 61.4 Å². The Morgan fingerprint density at radius 2 is 2.10 bits per heavy atom. The van der Waals surface area contributed by atoms with Crippen molar-refractivity contribution in [3.63, 3.8) is 0 Å². The average Bonchev–Trinajstić information content (AvgIpc) is 2.82. The molecule has 1 saturated heterocycles. The molecule has 0 spiro atoms. The van der Waals surface area contributed by atoms with Crippen molar-refractivity contribution in [2.45, 2.75) is 37.8 Å². The summed E-state index contributed by atoms with van der Waals surface area (Å²) < 4.78 is 0. The van der Waals surface area contributed by atoms with Gasteiger partial charge in [-0.1, -0.05) is 24.3 Å². The van der Waals surface area contributed by atoms with Gasteiger partial charge in [0.05, 0.1) is 0 Å². The standard InChI is InChI=1S/C16H21N3O2/c1-19(10-9-13-15(20)18-16(21)17-13)14-8-4-6-11-5-2-3-7-12(11)14/h2-3,5,7,13-14H,4,6,8-10H2,1H3,(H2,17,18,20,21). The summed E-state index contributed by atoms with van der Waals surface area (Å²) in [6.07, 6.45) is 4.15. The Morgan fingerprint density at radius 1 is 1.29 bits per heavy atom. The number of hydrogen-bond donors (Lipinski definition) is 2. The number of hydrogen-bond acceptors (Lipinski definition) is 3. The molecule has 2 aliphatic rings. The molecule has 1 aliphatic heterocycles. The van der Waals surface area contributed by atoms with Crippen LogP contribution in [-0.4, -0.2) is 36.5 Å². The molecule has 3 amide bonds. The van der Waals surface area contributed by atoms with Crippen LogP contribution in [0.2, 0.25) is 0 Å². The van der Waals surface area contributed by atoms with Gasteiger partial charge in [0.15, 0.2) is 0 Å². The molecule has 1 heterocycles. The highest BCUT2D eigenvalue weighted by Gasteiger charge is 2.30. The third-order valence-electron chi connectivity index (χ3n) is 4.50. The highest BCUT2D eigenvalue weighted by atomic mass is 16.2. The molecule has 5 nitrogen and oxygen atoms in total. The average molecular weight is 287 g/mol. The molecule has 0 saturated carbocycles. The van der Waals surface area contributed by atoms with Gasteiger partial charge in [-0.2, -0.15) is 0 Å². The molecular weight excluding hydrogens is 266 g/mol. The largest absolute Gasteiger partial charge is 0.326 e. The summed E-state index contributed by atoms with van der Waals surface area (Å²) in [6.45, 7) is 0.789. The molecule has 2 atom stereocenters. The first kappa shape index (κ1) is 14.1. The number of carbonyl (C=O) groups is 2. The fourth-order valence-electron chi connectivity index (χ4n) is 3.34. The van der Waals surface area contributed by atoms with Crippen LogP contribution >= 0.6 is 0 Å². The predicted molar refractivity (Wildman–Crippen MR) is 79.8 cm³/mol. The highest BCUT2D eigenvalue weighted by molar-refractivity contribution is 6.04. The summed E-state index contributed by atoms with van der Waals surface area (Å²) in [5, 5.41) is 4.93. The SMILES string of the molecule is CN(CCC1NC(=O)NC1=O)C1CCCc2ccccc21. The molecule has 1 aromatic rings. The van der Waals surface area contributed by atoms with Crippen molar-refractivity contribution in [1.82, 2.24) is 15.5 Å². The van der Waals surface area contributed by atoms with Gasteiger partial charge in [0.2, 0.25) is 0 Å². The summed E-state index contributed by atoms with van der Waals surface area (Å²) in [7, 11) is 2.10. The van der Waals surface area contributed by atoms with E-state index in [9.17, 15) is 9.59 Å². The summed E-state index contributed by atoms with van der Waals surface area (Å²) in [5.74, 6) is -0.211. The minimum atomic E-state index is -0.390. The van der Waals surface area contributed by atoms with Crippen molar-refractivity contribution in [1.29, 1.82) is 0 Å². The van der Waals surface area contributed by atoms with E-state index in [0.29, 0.717) is 12.5 Å². The first-order chi connectivity index (χ1) is 10.1. The second-order valence-electron chi connectivity index (χ2n) is 5.89. The van der Waals surface area contributed by atoms with Crippen molar-refractivity contribution < 1.29 is 9.59 Å². The number of fused-ring (bicyclic) bond motifs is 1. The van der Waals surface area contributed by atoms with E-state index in [-0.39, 0.29) is 11.9 Å². The zero-order valence-electron chi connectivity index (χ0n) is 12.3. The minimum absolute atomic E-state index is 0.211. The van der Waals surface area contributed by atoms with Gasteiger partial charge in [-0.25, -0.2) is 4.79 Å². The number of aryl methyl sites for hydroxylation is 1. The second-order valence-corrected chi connectivity index (χ2v) is 5.89. The monoisotopic (exact) mass is 287 g/mol. The van der Waals surface area contributed by atoms with E-state index >= 15 is 0 Å². The van der Waals surface area contributed by atoms with Crippen LogP contribution in [-0.2, 0) is 11.2 Å². The Morgan fingerprint density at radius 3 is 2.86 bits per heavy atom. The van der Waals surface area contributed by atoms with Crippen LogP contribution in [0.15, 0.2) is 24.3 Å². The van der Waals surface area contributed by atoms with Gasteiger partial charge < -0.3 is 5.32 Å². The maximum Gasteiger partial charge on any atom is 0.322 e. The van der Waals surface area contributed by atoms with Crippen LogP contribution in [0, 0.1) is 0 Å². The lowest BCUT2D eigenvalue weighted by atomic mass is 9.87. The fourth-order valence-corrected chi connectivity index (χ4v) is 3.34. The van der Waals surface area contributed by atoms with E-state index in [1.165, 1.54) is 17.5 Å². The normalized spacial score (nSPS) is 24.7. The summed E-state index contributed by atoms with van der Waals surface area (Å²) >= 11 is 0. The van der Waals surface area contributed by atoms with Gasteiger partial charge >= 0.3 is 6.03 Å². The van der Waals surface area contributed by atoms with Crippen molar-refractivity contribution >= 4 is 11.9 Å². The molecule has 2 unspecified atom stereocenters. The van der Waals surface area contributed by atoms with Gasteiger partial charge in [-0.05, 0) is 43.9 Å². The number of nitrogens with zero attached hydrogens (tertiary/aromatic N) is 1. The summed E-state index contributed by atoms with van der Waals surface area (Å²) in [6, 6.07) is 8.25. The Bertz CT molecular complexity index is 558. The van der Waals surface area contributed by atoms with Crippen molar-refractivity contribution in [3.05, 3.63) is 35.4 Å².